The second-order valence-corrected chi connectivity index (χ2v) is 8.29. The van der Waals surface area contributed by atoms with Crippen LogP contribution in [-0.4, -0.2) is 34.5 Å². The zero-order chi connectivity index (χ0) is 22.5. The molecule has 2 aromatic carbocycles. The van der Waals surface area contributed by atoms with Crippen molar-refractivity contribution in [2.24, 2.45) is 0 Å². The average Bonchev–Trinajstić information content (AvgIpc) is 2.65. The minimum atomic E-state index is -4.91. The maximum Gasteiger partial charge on any atom is 0.573 e. The molecule has 2 aromatic rings. The fourth-order valence-corrected chi connectivity index (χ4v) is 4.12. The van der Waals surface area contributed by atoms with Crippen LogP contribution in [0.3, 0.4) is 0 Å². The molecule has 0 spiro atoms. The highest BCUT2D eigenvalue weighted by Gasteiger charge is 2.32. The van der Waals surface area contributed by atoms with E-state index >= 15 is 0 Å². The highest BCUT2D eigenvalue weighted by Crippen LogP contribution is 2.30. The summed E-state index contributed by atoms with van der Waals surface area (Å²) in [5.74, 6) is -0.970. The van der Waals surface area contributed by atoms with Crippen LogP contribution in [0.1, 0.15) is 18.5 Å². The minimum absolute atomic E-state index is 0.0118. The molecule has 1 N–H and O–H groups in total. The summed E-state index contributed by atoms with van der Waals surface area (Å²) < 4.78 is 78.7. The number of hydrogen-bond acceptors (Lipinski definition) is 6. The van der Waals surface area contributed by atoms with E-state index in [1.165, 1.54) is 25.3 Å². The average molecular weight is 512 g/mol. The highest BCUT2D eigenvalue weighted by atomic mass is 79.9. The molecule has 0 bridgehead atoms. The Labute approximate surface area is 179 Å². The lowest BCUT2D eigenvalue weighted by Crippen LogP contribution is -2.35. The largest absolute Gasteiger partial charge is 0.573 e. The fraction of sp³-hybridized carbons (Fsp3) is 0.278. The fourth-order valence-electron chi connectivity index (χ4n) is 2.38. The second kappa shape index (κ2) is 9.67. The quantitative estimate of drug-likeness (QED) is 0.539. The zero-order valence-corrected chi connectivity index (χ0v) is 18.1. The molecule has 2 rings (SSSR count). The van der Waals surface area contributed by atoms with Crippen molar-refractivity contribution in [3.05, 3.63) is 52.5 Å². The van der Waals surface area contributed by atoms with Crippen LogP contribution in [0.4, 0.5) is 13.2 Å². The zero-order valence-electron chi connectivity index (χ0n) is 15.7. The molecule has 0 aliphatic heterocycles. The van der Waals surface area contributed by atoms with Crippen LogP contribution in [0.5, 0.6) is 11.5 Å². The van der Waals surface area contributed by atoms with Gasteiger partial charge in [-0.1, -0.05) is 6.07 Å². The van der Waals surface area contributed by atoms with Gasteiger partial charge in [-0.25, -0.2) is 13.2 Å². The van der Waals surface area contributed by atoms with E-state index in [0.717, 1.165) is 24.3 Å². The SMILES string of the molecule is CCOC(=O)C(NS(=O)(=O)c1ccc(OC(F)(F)F)cc1)c1ccc(OC)c(Br)c1. The summed E-state index contributed by atoms with van der Waals surface area (Å²) >= 11 is 3.26. The number of sulfonamides is 1. The van der Waals surface area contributed by atoms with E-state index in [1.807, 2.05) is 0 Å². The van der Waals surface area contributed by atoms with Crippen LogP contribution in [0, 0.1) is 0 Å². The van der Waals surface area contributed by atoms with E-state index in [9.17, 15) is 26.4 Å². The van der Waals surface area contributed by atoms with Crippen molar-refractivity contribution in [1.82, 2.24) is 4.72 Å². The topological polar surface area (TPSA) is 90.9 Å². The van der Waals surface area contributed by atoms with Crippen molar-refractivity contribution in [3.8, 4) is 11.5 Å². The van der Waals surface area contributed by atoms with E-state index in [1.54, 1.807) is 6.92 Å². The van der Waals surface area contributed by atoms with Crippen LogP contribution >= 0.6 is 15.9 Å². The van der Waals surface area contributed by atoms with Crippen molar-refractivity contribution in [2.75, 3.05) is 13.7 Å². The van der Waals surface area contributed by atoms with Gasteiger partial charge in [0.15, 0.2) is 0 Å². The first-order chi connectivity index (χ1) is 14.0. The molecule has 0 aliphatic rings. The molecule has 0 aromatic heterocycles. The number of nitrogens with one attached hydrogen (secondary N) is 1. The van der Waals surface area contributed by atoms with Crippen LogP contribution in [-0.2, 0) is 19.6 Å². The van der Waals surface area contributed by atoms with Crippen molar-refractivity contribution in [2.45, 2.75) is 24.2 Å². The van der Waals surface area contributed by atoms with Gasteiger partial charge in [-0.15, -0.1) is 13.2 Å². The standard InChI is InChI=1S/C18H17BrF3NO6S/c1-3-28-17(24)16(11-4-9-15(27-2)14(19)10-11)23-30(25,26)13-7-5-12(6-8-13)29-18(20,21)22/h4-10,16,23H,3H2,1-2H3. The van der Waals surface area contributed by atoms with E-state index < -0.39 is 34.1 Å². The smallest absolute Gasteiger partial charge is 0.496 e. The minimum Gasteiger partial charge on any atom is -0.496 e. The highest BCUT2D eigenvalue weighted by molar-refractivity contribution is 9.10. The Morgan fingerprint density at radius 3 is 2.30 bits per heavy atom. The molecule has 0 saturated heterocycles. The molecule has 0 radical (unpaired) electrons. The molecule has 0 saturated carbocycles. The van der Waals surface area contributed by atoms with Gasteiger partial charge in [0, 0.05) is 0 Å². The van der Waals surface area contributed by atoms with Crippen LogP contribution in [0.25, 0.3) is 0 Å². The van der Waals surface area contributed by atoms with Crippen LogP contribution in [0.15, 0.2) is 51.8 Å². The Balaban J connectivity index is 2.34. The monoisotopic (exact) mass is 511 g/mol. The number of rotatable bonds is 8. The van der Waals surface area contributed by atoms with Gasteiger partial charge in [0.05, 0.1) is 23.1 Å². The third-order valence-corrected chi connectivity index (χ3v) is 5.73. The number of methoxy groups -OCH3 is 1. The molecule has 0 amide bonds. The Bertz CT molecular complexity index is 996. The molecule has 164 valence electrons. The summed E-state index contributed by atoms with van der Waals surface area (Å²) in [4.78, 5) is 12.0. The van der Waals surface area contributed by atoms with E-state index in [2.05, 4.69) is 25.4 Å². The number of halogens is 4. The maximum atomic E-state index is 12.7. The van der Waals surface area contributed by atoms with E-state index in [4.69, 9.17) is 9.47 Å². The lowest BCUT2D eigenvalue weighted by Gasteiger charge is -2.19. The van der Waals surface area contributed by atoms with Gasteiger partial charge < -0.3 is 14.2 Å². The molecule has 1 unspecified atom stereocenters. The molecule has 1 atom stereocenters. The first-order valence-corrected chi connectivity index (χ1v) is 10.6. The third-order valence-electron chi connectivity index (χ3n) is 3.67. The molecule has 12 heteroatoms. The lowest BCUT2D eigenvalue weighted by molar-refractivity contribution is -0.274. The number of carbonyl (C=O) groups is 1. The van der Waals surface area contributed by atoms with Gasteiger partial charge in [-0.2, -0.15) is 4.72 Å². The molecular formula is C18H17BrF3NO6S. The van der Waals surface area contributed by atoms with Gasteiger partial charge >= 0.3 is 12.3 Å². The van der Waals surface area contributed by atoms with E-state index in [-0.39, 0.29) is 17.1 Å². The number of benzene rings is 2. The van der Waals surface area contributed by atoms with E-state index in [0.29, 0.717) is 10.2 Å². The molecule has 0 heterocycles. The molecule has 0 aliphatic carbocycles. The third kappa shape index (κ3) is 6.34. The van der Waals surface area contributed by atoms with Gasteiger partial charge in [0.2, 0.25) is 10.0 Å². The first kappa shape index (κ1) is 24.0. The van der Waals surface area contributed by atoms with Crippen LogP contribution < -0.4 is 14.2 Å². The summed E-state index contributed by atoms with van der Waals surface area (Å²) in [6.45, 7) is 1.57. The number of esters is 1. The Morgan fingerprint density at radius 1 is 1.17 bits per heavy atom. The molecule has 30 heavy (non-hydrogen) atoms. The number of ether oxygens (including phenoxy) is 3. The van der Waals surface area contributed by atoms with Gasteiger partial charge in [-0.3, -0.25) is 0 Å². The Morgan fingerprint density at radius 2 is 1.80 bits per heavy atom. The predicted octanol–water partition coefficient (Wildman–Crippen LogP) is 3.94. The summed E-state index contributed by atoms with van der Waals surface area (Å²) in [5, 5.41) is 0. The second-order valence-electron chi connectivity index (χ2n) is 5.72. The summed E-state index contributed by atoms with van der Waals surface area (Å²) in [7, 11) is -2.85. The van der Waals surface area contributed by atoms with Crippen molar-refractivity contribution in [3.63, 3.8) is 0 Å². The normalized spacial score (nSPS) is 12.9. The van der Waals surface area contributed by atoms with Crippen molar-refractivity contribution in [1.29, 1.82) is 0 Å². The Hall–Kier alpha value is -2.31. The lowest BCUT2D eigenvalue weighted by atomic mass is 10.1. The van der Waals surface area contributed by atoms with Gasteiger partial charge in [0.25, 0.3) is 0 Å². The number of carbonyl (C=O) groups excluding carboxylic acids is 1. The Kier molecular flexibility index (Phi) is 7.72. The van der Waals surface area contributed by atoms with Gasteiger partial charge in [0.1, 0.15) is 17.5 Å². The predicted molar refractivity (Wildman–Crippen MR) is 104 cm³/mol. The van der Waals surface area contributed by atoms with Gasteiger partial charge in [-0.05, 0) is 64.8 Å². The maximum absolute atomic E-state index is 12.7. The molecular weight excluding hydrogens is 495 g/mol. The molecule has 0 fully saturated rings. The van der Waals surface area contributed by atoms with Crippen molar-refractivity contribution >= 4 is 31.9 Å². The summed E-state index contributed by atoms with van der Waals surface area (Å²) in [5.41, 5.74) is 0.265. The molecule has 7 nitrogen and oxygen atoms in total. The van der Waals surface area contributed by atoms with Crippen molar-refractivity contribution < 1.29 is 40.6 Å². The van der Waals surface area contributed by atoms with Crippen LogP contribution in [0.2, 0.25) is 0 Å². The number of alkyl halides is 3. The first-order valence-electron chi connectivity index (χ1n) is 8.35. The summed E-state index contributed by atoms with van der Waals surface area (Å²) in [6, 6.07) is 6.66. The number of hydrogen-bond donors (Lipinski definition) is 1. The summed E-state index contributed by atoms with van der Waals surface area (Å²) in [6.07, 6.45) is -4.91.